The summed E-state index contributed by atoms with van der Waals surface area (Å²) >= 11 is 3.01. The number of aromatic carboxylic acids is 1. The molecule has 0 atom stereocenters. The van der Waals surface area contributed by atoms with Gasteiger partial charge in [-0.2, -0.15) is 11.3 Å². The average molecular weight is 435 g/mol. The summed E-state index contributed by atoms with van der Waals surface area (Å²) in [5.41, 5.74) is 5.41. The molecule has 0 saturated carbocycles. The van der Waals surface area contributed by atoms with Crippen LogP contribution in [0.5, 0.6) is 0 Å². The van der Waals surface area contributed by atoms with Gasteiger partial charge in [0.25, 0.3) is 5.91 Å². The first-order chi connectivity index (χ1) is 14.6. The van der Waals surface area contributed by atoms with E-state index in [1.165, 1.54) is 15.7 Å². The van der Waals surface area contributed by atoms with Gasteiger partial charge in [0.05, 0.1) is 21.3 Å². The summed E-state index contributed by atoms with van der Waals surface area (Å²) in [7, 11) is 0. The number of carboxylic acids is 1. The van der Waals surface area contributed by atoms with Crippen molar-refractivity contribution in [1.29, 1.82) is 0 Å². The maximum absolute atomic E-state index is 12.9. The maximum atomic E-state index is 12.9. The number of hydrogen-bond donors (Lipinski definition) is 2. The molecule has 1 aromatic carbocycles. The normalized spacial score (nSPS) is 11.2. The van der Waals surface area contributed by atoms with Gasteiger partial charge in [-0.05, 0) is 41.3 Å². The number of fused-ring (bicyclic) bond motifs is 2. The fourth-order valence-electron chi connectivity index (χ4n) is 3.34. The van der Waals surface area contributed by atoms with E-state index >= 15 is 0 Å². The number of carbonyl (C=O) groups is 2. The Hall–Kier alpha value is -3.56. The second-order valence-corrected chi connectivity index (χ2v) is 8.25. The standard InChI is InChI=1S/C21H14N4O3S2/c26-20(22-9-12-3-4-15-16(8-12)30-11-23-15)14-2-1-6-25-18(21(27)28)17(24-19(14)25)13-5-7-29-10-13/h1-8,10-11H,9H2,(H,22,26)(H,27,28). The molecule has 1 amide bonds. The lowest BCUT2D eigenvalue weighted by Crippen LogP contribution is -2.23. The fourth-order valence-corrected chi connectivity index (χ4v) is 4.72. The highest BCUT2D eigenvalue weighted by Crippen LogP contribution is 2.28. The molecule has 4 aromatic heterocycles. The van der Waals surface area contributed by atoms with Crippen LogP contribution in [0.1, 0.15) is 26.4 Å². The minimum atomic E-state index is -1.10. The predicted octanol–water partition coefficient (Wildman–Crippen LogP) is 4.30. The molecule has 0 radical (unpaired) electrons. The maximum Gasteiger partial charge on any atom is 0.355 e. The summed E-state index contributed by atoms with van der Waals surface area (Å²) in [6.07, 6.45) is 1.61. The van der Waals surface area contributed by atoms with Gasteiger partial charge in [-0.3, -0.25) is 9.20 Å². The van der Waals surface area contributed by atoms with E-state index in [0.717, 1.165) is 15.8 Å². The van der Waals surface area contributed by atoms with Gasteiger partial charge in [0.1, 0.15) is 5.69 Å². The van der Waals surface area contributed by atoms with Crippen molar-refractivity contribution in [2.75, 3.05) is 0 Å². The number of pyridine rings is 1. The van der Waals surface area contributed by atoms with Crippen molar-refractivity contribution in [3.8, 4) is 11.3 Å². The molecular weight excluding hydrogens is 420 g/mol. The monoisotopic (exact) mass is 434 g/mol. The van der Waals surface area contributed by atoms with Crippen LogP contribution in [0, 0.1) is 0 Å². The van der Waals surface area contributed by atoms with E-state index in [-0.39, 0.29) is 11.6 Å². The van der Waals surface area contributed by atoms with Crippen molar-refractivity contribution in [2.45, 2.75) is 6.54 Å². The fraction of sp³-hybridized carbons (Fsp3) is 0.0476. The van der Waals surface area contributed by atoms with E-state index < -0.39 is 5.97 Å². The molecule has 0 fully saturated rings. The highest BCUT2D eigenvalue weighted by atomic mass is 32.1. The Morgan fingerprint density at radius 1 is 1.20 bits per heavy atom. The lowest BCUT2D eigenvalue weighted by molar-refractivity contribution is 0.0689. The van der Waals surface area contributed by atoms with E-state index in [2.05, 4.69) is 15.3 Å². The molecule has 0 aliphatic carbocycles. The van der Waals surface area contributed by atoms with Crippen LogP contribution in [-0.2, 0) is 6.54 Å². The number of nitrogens with one attached hydrogen (secondary N) is 1. The van der Waals surface area contributed by atoms with Crippen LogP contribution in [0.15, 0.2) is 58.9 Å². The molecule has 148 valence electrons. The van der Waals surface area contributed by atoms with Gasteiger partial charge in [0, 0.05) is 23.7 Å². The smallest absolute Gasteiger partial charge is 0.355 e. The molecule has 0 aliphatic rings. The van der Waals surface area contributed by atoms with Gasteiger partial charge < -0.3 is 10.4 Å². The van der Waals surface area contributed by atoms with Crippen molar-refractivity contribution in [3.05, 3.63) is 75.7 Å². The molecular formula is C21H14N4O3S2. The average Bonchev–Trinajstić information content (AvgIpc) is 3.49. The lowest BCUT2D eigenvalue weighted by Gasteiger charge is -2.07. The van der Waals surface area contributed by atoms with Crippen LogP contribution < -0.4 is 5.32 Å². The number of carboxylic acid groups (broad SMARTS) is 1. The molecule has 5 aromatic rings. The zero-order valence-corrected chi connectivity index (χ0v) is 17.0. The number of hydrogen-bond acceptors (Lipinski definition) is 6. The second-order valence-electron chi connectivity index (χ2n) is 6.58. The Labute approximate surface area is 178 Å². The van der Waals surface area contributed by atoms with Gasteiger partial charge >= 0.3 is 5.97 Å². The summed E-state index contributed by atoms with van der Waals surface area (Å²) in [5, 5.41) is 16.3. The van der Waals surface area contributed by atoms with Crippen LogP contribution in [0.4, 0.5) is 0 Å². The third-order valence-corrected chi connectivity index (χ3v) is 6.22. The van der Waals surface area contributed by atoms with E-state index in [4.69, 9.17) is 0 Å². The lowest BCUT2D eigenvalue weighted by atomic mass is 10.2. The number of thiazole rings is 1. The first-order valence-corrected chi connectivity index (χ1v) is 10.8. The molecule has 7 nitrogen and oxygen atoms in total. The van der Waals surface area contributed by atoms with Gasteiger partial charge in [-0.1, -0.05) is 6.07 Å². The topological polar surface area (TPSA) is 96.6 Å². The number of thiophene rings is 1. The van der Waals surface area contributed by atoms with E-state index in [1.54, 1.807) is 35.2 Å². The second kappa shape index (κ2) is 7.36. The number of benzene rings is 1. The first kappa shape index (κ1) is 18.5. The van der Waals surface area contributed by atoms with Crippen LogP contribution in [0.3, 0.4) is 0 Å². The van der Waals surface area contributed by atoms with Crippen LogP contribution >= 0.6 is 22.7 Å². The molecule has 0 bridgehead atoms. The number of imidazole rings is 1. The molecule has 5 rings (SSSR count). The Balaban J connectivity index is 1.49. The summed E-state index contributed by atoms with van der Waals surface area (Å²) < 4.78 is 2.51. The van der Waals surface area contributed by atoms with Crippen molar-refractivity contribution in [2.24, 2.45) is 0 Å². The third kappa shape index (κ3) is 3.14. The van der Waals surface area contributed by atoms with Crippen LogP contribution in [0.25, 0.3) is 27.1 Å². The minimum absolute atomic E-state index is 0.0358. The Morgan fingerprint density at radius 3 is 2.90 bits per heavy atom. The number of aromatic nitrogens is 3. The van der Waals surface area contributed by atoms with Crippen molar-refractivity contribution in [3.63, 3.8) is 0 Å². The zero-order valence-electron chi connectivity index (χ0n) is 15.4. The van der Waals surface area contributed by atoms with E-state index in [1.807, 2.05) is 35.0 Å². The Morgan fingerprint density at radius 2 is 2.10 bits per heavy atom. The number of nitrogens with zero attached hydrogens (tertiary/aromatic N) is 3. The highest BCUT2D eigenvalue weighted by Gasteiger charge is 2.23. The largest absolute Gasteiger partial charge is 0.476 e. The summed E-state index contributed by atoms with van der Waals surface area (Å²) in [4.78, 5) is 33.6. The van der Waals surface area contributed by atoms with Crippen LogP contribution in [-0.4, -0.2) is 31.4 Å². The van der Waals surface area contributed by atoms with E-state index in [0.29, 0.717) is 29.0 Å². The molecule has 9 heteroatoms. The van der Waals surface area contributed by atoms with Crippen LogP contribution in [0.2, 0.25) is 0 Å². The SMILES string of the molecule is O=C(NCc1ccc2ncsc2c1)c1cccn2c(C(=O)O)c(-c3ccsc3)nc12. The third-order valence-electron chi connectivity index (χ3n) is 4.74. The molecule has 0 spiro atoms. The predicted molar refractivity (Wildman–Crippen MR) is 116 cm³/mol. The summed E-state index contributed by atoms with van der Waals surface area (Å²) in [6, 6.07) is 11.0. The quantitative estimate of drug-likeness (QED) is 0.430. The molecule has 0 aliphatic heterocycles. The number of amides is 1. The summed E-state index contributed by atoms with van der Waals surface area (Å²) in [6.45, 7) is 0.345. The molecule has 0 saturated heterocycles. The molecule has 4 heterocycles. The van der Waals surface area contributed by atoms with Crippen molar-refractivity contribution in [1.82, 2.24) is 19.7 Å². The first-order valence-electron chi connectivity index (χ1n) is 8.99. The summed E-state index contributed by atoms with van der Waals surface area (Å²) in [5.74, 6) is -1.41. The van der Waals surface area contributed by atoms with Gasteiger partial charge in [0.15, 0.2) is 11.3 Å². The zero-order chi connectivity index (χ0) is 20.7. The van der Waals surface area contributed by atoms with Crippen molar-refractivity contribution < 1.29 is 14.7 Å². The molecule has 30 heavy (non-hydrogen) atoms. The van der Waals surface area contributed by atoms with E-state index in [9.17, 15) is 14.7 Å². The molecule has 0 unspecified atom stereocenters. The molecule has 2 N–H and O–H groups in total. The van der Waals surface area contributed by atoms with Crippen molar-refractivity contribution >= 4 is 50.4 Å². The van der Waals surface area contributed by atoms with Gasteiger partial charge in [-0.25, -0.2) is 14.8 Å². The Kier molecular flexibility index (Phi) is 4.53. The number of carbonyl (C=O) groups excluding carboxylic acids is 1. The minimum Gasteiger partial charge on any atom is -0.476 e. The Bertz CT molecular complexity index is 1400. The van der Waals surface area contributed by atoms with Gasteiger partial charge in [-0.15, -0.1) is 11.3 Å². The highest BCUT2D eigenvalue weighted by molar-refractivity contribution is 7.16. The van der Waals surface area contributed by atoms with Gasteiger partial charge in [0.2, 0.25) is 0 Å². The number of rotatable bonds is 5.